The molecule has 3 unspecified atom stereocenters. The first-order valence-corrected chi connectivity index (χ1v) is 7.62. The molecular formula is C15H31NO. The van der Waals surface area contributed by atoms with Crippen molar-refractivity contribution in [2.24, 2.45) is 11.8 Å². The SMILES string of the molecule is CCNC(CCOCC)C1CCCC(CC)C1. The number of nitrogens with one attached hydrogen (secondary N) is 1. The first-order chi connectivity index (χ1) is 8.31. The Morgan fingerprint density at radius 1 is 1.24 bits per heavy atom. The molecule has 0 radical (unpaired) electrons. The third-order valence-electron chi connectivity index (χ3n) is 4.21. The van der Waals surface area contributed by atoms with Gasteiger partial charge in [0.2, 0.25) is 0 Å². The van der Waals surface area contributed by atoms with Crippen LogP contribution in [0.15, 0.2) is 0 Å². The molecule has 0 aliphatic heterocycles. The van der Waals surface area contributed by atoms with Gasteiger partial charge in [0, 0.05) is 19.3 Å². The molecule has 0 spiro atoms. The number of hydrogen-bond acceptors (Lipinski definition) is 2. The van der Waals surface area contributed by atoms with Gasteiger partial charge in [-0.2, -0.15) is 0 Å². The van der Waals surface area contributed by atoms with E-state index in [0.29, 0.717) is 6.04 Å². The van der Waals surface area contributed by atoms with Gasteiger partial charge < -0.3 is 10.1 Å². The highest BCUT2D eigenvalue weighted by molar-refractivity contribution is 4.82. The molecule has 0 saturated heterocycles. The fourth-order valence-corrected chi connectivity index (χ4v) is 3.19. The first-order valence-electron chi connectivity index (χ1n) is 7.62. The summed E-state index contributed by atoms with van der Waals surface area (Å²) < 4.78 is 5.51. The first kappa shape index (κ1) is 15.0. The number of ether oxygens (including phenoxy) is 1. The van der Waals surface area contributed by atoms with Gasteiger partial charge in [0.05, 0.1) is 0 Å². The van der Waals surface area contributed by atoms with E-state index in [1.165, 1.54) is 38.5 Å². The summed E-state index contributed by atoms with van der Waals surface area (Å²) in [7, 11) is 0. The number of hydrogen-bond donors (Lipinski definition) is 1. The smallest absolute Gasteiger partial charge is 0.0480 e. The topological polar surface area (TPSA) is 21.3 Å². The van der Waals surface area contributed by atoms with Crippen molar-refractivity contribution in [3.05, 3.63) is 0 Å². The van der Waals surface area contributed by atoms with Crippen molar-refractivity contribution < 1.29 is 4.74 Å². The summed E-state index contributed by atoms with van der Waals surface area (Å²) in [6, 6.07) is 0.681. The van der Waals surface area contributed by atoms with E-state index in [2.05, 4.69) is 26.1 Å². The van der Waals surface area contributed by atoms with Crippen LogP contribution in [0.2, 0.25) is 0 Å². The van der Waals surface area contributed by atoms with E-state index in [-0.39, 0.29) is 0 Å². The zero-order chi connectivity index (χ0) is 12.5. The molecule has 0 heterocycles. The Hall–Kier alpha value is -0.0800. The van der Waals surface area contributed by atoms with E-state index in [1.807, 2.05) is 0 Å². The Morgan fingerprint density at radius 3 is 2.71 bits per heavy atom. The maximum Gasteiger partial charge on any atom is 0.0480 e. The molecule has 0 aromatic heterocycles. The standard InChI is InChI=1S/C15H31NO/c1-4-13-8-7-9-14(12-13)15(16-5-2)10-11-17-6-3/h13-16H,4-12H2,1-3H3. The second-order valence-corrected chi connectivity index (χ2v) is 5.35. The van der Waals surface area contributed by atoms with E-state index < -0.39 is 0 Å². The van der Waals surface area contributed by atoms with E-state index in [1.54, 1.807) is 0 Å². The average Bonchev–Trinajstić information content (AvgIpc) is 2.38. The predicted octanol–water partition coefficient (Wildman–Crippen LogP) is 3.61. The molecule has 1 fully saturated rings. The van der Waals surface area contributed by atoms with Gasteiger partial charge in [-0.25, -0.2) is 0 Å². The summed E-state index contributed by atoms with van der Waals surface area (Å²) >= 11 is 0. The molecule has 0 amide bonds. The Labute approximate surface area is 108 Å². The molecule has 2 heteroatoms. The normalized spacial score (nSPS) is 27.0. The molecule has 1 aliphatic rings. The minimum atomic E-state index is 0.681. The van der Waals surface area contributed by atoms with Crippen LogP contribution in [0.5, 0.6) is 0 Å². The van der Waals surface area contributed by atoms with E-state index in [0.717, 1.165) is 31.6 Å². The molecule has 1 N–H and O–H groups in total. The minimum absolute atomic E-state index is 0.681. The van der Waals surface area contributed by atoms with Gasteiger partial charge >= 0.3 is 0 Å². The van der Waals surface area contributed by atoms with Crippen molar-refractivity contribution in [1.82, 2.24) is 5.32 Å². The lowest BCUT2D eigenvalue weighted by atomic mass is 9.76. The highest BCUT2D eigenvalue weighted by Crippen LogP contribution is 2.33. The van der Waals surface area contributed by atoms with Crippen LogP contribution < -0.4 is 5.32 Å². The summed E-state index contributed by atoms with van der Waals surface area (Å²) in [5, 5.41) is 3.68. The third-order valence-corrected chi connectivity index (χ3v) is 4.21. The summed E-state index contributed by atoms with van der Waals surface area (Å²) in [4.78, 5) is 0. The van der Waals surface area contributed by atoms with E-state index in [9.17, 15) is 0 Å². The van der Waals surface area contributed by atoms with Gasteiger partial charge in [0.25, 0.3) is 0 Å². The highest BCUT2D eigenvalue weighted by atomic mass is 16.5. The zero-order valence-corrected chi connectivity index (χ0v) is 12.0. The monoisotopic (exact) mass is 241 g/mol. The molecular weight excluding hydrogens is 210 g/mol. The molecule has 2 nitrogen and oxygen atoms in total. The molecule has 1 saturated carbocycles. The van der Waals surface area contributed by atoms with Crippen LogP contribution in [-0.4, -0.2) is 25.8 Å². The zero-order valence-electron chi connectivity index (χ0n) is 12.0. The van der Waals surface area contributed by atoms with Gasteiger partial charge in [0.1, 0.15) is 0 Å². The average molecular weight is 241 g/mol. The van der Waals surface area contributed by atoms with Crippen molar-refractivity contribution in [1.29, 1.82) is 0 Å². The number of rotatable bonds is 8. The van der Waals surface area contributed by atoms with E-state index >= 15 is 0 Å². The fraction of sp³-hybridized carbons (Fsp3) is 1.00. The van der Waals surface area contributed by atoms with Crippen molar-refractivity contribution >= 4 is 0 Å². The molecule has 0 aromatic carbocycles. The van der Waals surface area contributed by atoms with Crippen LogP contribution in [0.25, 0.3) is 0 Å². The second-order valence-electron chi connectivity index (χ2n) is 5.35. The van der Waals surface area contributed by atoms with Crippen LogP contribution >= 0.6 is 0 Å². The van der Waals surface area contributed by atoms with Gasteiger partial charge in [-0.3, -0.25) is 0 Å². The van der Waals surface area contributed by atoms with E-state index in [4.69, 9.17) is 4.74 Å². The van der Waals surface area contributed by atoms with Gasteiger partial charge in [-0.05, 0) is 44.6 Å². The summed E-state index contributed by atoms with van der Waals surface area (Å²) in [5.74, 6) is 1.86. The molecule has 1 rings (SSSR count). The van der Waals surface area contributed by atoms with Gasteiger partial charge in [-0.1, -0.05) is 33.1 Å². The predicted molar refractivity (Wildman–Crippen MR) is 74.3 cm³/mol. The minimum Gasteiger partial charge on any atom is -0.382 e. The fourth-order valence-electron chi connectivity index (χ4n) is 3.19. The maximum atomic E-state index is 5.51. The Morgan fingerprint density at radius 2 is 2.06 bits per heavy atom. The third kappa shape index (κ3) is 5.39. The summed E-state index contributed by atoms with van der Waals surface area (Å²) in [5.41, 5.74) is 0. The molecule has 3 atom stereocenters. The van der Waals surface area contributed by atoms with Crippen molar-refractivity contribution in [3.63, 3.8) is 0 Å². The lowest BCUT2D eigenvalue weighted by Gasteiger charge is -2.34. The van der Waals surface area contributed by atoms with Crippen LogP contribution in [0.1, 0.15) is 59.3 Å². The van der Waals surface area contributed by atoms with Crippen molar-refractivity contribution in [3.8, 4) is 0 Å². The Bertz CT molecular complexity index is 184. The van der Waals surface area contributed by atoms with Crippen LogP contribution in [0, 0.1) is 11.8 Å². The molecule has 0 bridgehead atoms. The van der Waals surface area contributed by atoms with Crippen LogP contribution in [0.4, 0.5) is 0 Å². The van der Waals surface area contributed by atoms with Crippen LogP contribution in [-0.2, 0) is 4.74 Å². The van der Waals surface area contributed by atoms with Crippen LogP contribution in [0.3, 0.4) is 0 Å². The maximum absolute atomic E-state index is 5.51. The molecule has 102 valence electrons. The Kier molecular flexibility index (Phi) is 7.87. The van der Waals surface area contributed by atoms with Crippen molar-refractivity contribution in [2.75, 3.05) is 19.8 Å². The van der Waals surface area contributed by atoms with Gasteiger partial charge in [-0.15, -0.1) is 0 Å². The Balaban J connectivity index is 2.38. The quantitative estimate of drug-likeness (QED) is 0.656. The van der Waals surface area contributed by atoms with Crippen molar-refractivity contribution in [2.45, 2.75) is 65.3 Å². The summed E-state index contributed by atoms with van der Waals surface area (Å²) in [6.07, 6.45) is 8.28. The lowest BCUT2D eigenvalue weighted by Crippen LogP contribution is -2.39. The lowest BCUT2D eigenvalue weighted by molar-refractivity contribution is 0.117. The second kappa shape index (κ2) is 8.93. The summed E-state index contributed by atoms with van der Waals surface area (Å²) in [6.45, 7) is 9.49. The molecule has 0 aromatic rings. The molecule has 1 aliphatic carbocycles. The highest BCUT2D eigenvalue weighted by Gasteiger charge is 2.26. The molecule has 17 heavy (non-hydrogen) atoms. The van der Waals surface area contributed by atoms with Gasteiger partial charge in [0.15, 0.2) is 0 Å². The largest absolute Gasteiger partial charge is 0.382 e.